The van der Waals surface area contributed by atoms with Crippen molar-refractivity contribution in [2.45, 2.75) is 6.92 Å². The first-order valence-corrected chi connectivity index (χ1v) is 5.35. The molecule has 82 valence electrons. The molecule has 5 heteroatoms. The number of hydrogen-bond acceptors (Lipinski definition) is 3. The molecule has 0 fully saturated rings. The maximum atomic E-state index is 11.2. The van der Waals surface area contributed by atoms with Gasteiger partial charge in [-0.2, -0.15) is 0 Å². The Morgan fingerprint density at radius 3 is 2.71 bits per heavy atom. The second-order valence-corrected chi connectivity index (χ2v) is 3.80. The molecule has 0 aliphatic rings. The molecule has 1 unspecified atom stereocenters. The molecule has 0 rings (SSSR count). The van der Waals surface area contributed by atoms with Crippen LogP contribution in [0.4, 0.5) is 0 Å². The normalized spacial score (nSPS) is 12.5. The Kier molecular flexibility index (Phi) is 7.37. The molecule has 0 saturated heterocycles. The van der Waals surface area contributed by atoms with Gasteiger partial charge in [-0.3, -0.25) is 4.18 Å². The molecule has 0 heterocycles. The van der Waals surface area contributed by atoms with Crippen LogP contribution in [0, 0.1) is 0 Å². The van der Waals surface area contributed by atoms with Crippen molar-refractivity contribution in [3.05, 3.63) is 25.0 Å². The minimum Gasteiger partial charge on any atom is -0.492 e. The molecule has 14 heavy (non-hydrogen) atoms. The molecule has 0 aromatic rings. The summed E-state index contributed by atoms with van der Waals surface area (Å²) in [5.74, 6) is 0.489. The molecule has 0 aromatic heterocycles. The predicted molar refractivity (Wildman–Crippen MR) is 57.7 cm³/mol. The van der Waals surface area contributed by atoms with Crippen LogP contribution in [-0.4, -0.2) is 35.3 Å². The van der Waals surface area contributed by atoms with E-state index in [0.29, 0.717) is 18.9 Å². The molecule has 0 aromatic carbocycles. The van der Waals surface area contributed by atoms with E-state index in [0.717, 1.165) is 0 Å². The maximum absolute atomic E-state index is 11.2. The Balaban J connectivity index is 3.50. The molecule has 0 amide bonds. The van der Waals surface area contributed by atoms with Gasteiger partial charge in [0.25, 0.3) is 0 Å². The highest BCUT2D eigenvalue weighted by Crippen LogP contribution is 1.96. The lowest BCUT2D eigenvalue weighted by Gasteiger charge is -2.12. The lowest BCUT2D eigenvalue weighted by atomic mass is 10.5. The van der Waals surface area contributed by atoms with Crippen LogP contribution in [0.5, 0.6) is 0 Å². The fourth-order valence-corrected chi connectivity index (χ4v) is 1.13. The molecule has 0 aliphatic heterocycles. The molecule has 0 aliphatic carbocycles. The van der Waals surface area contributed by atoms with Crippen LogP contribution >= 0.6 is 0 Å². The topological polar surface area (TPSA) is 38.8 Å². The molecule has 0 spiro atoms. The Morgan fingerprint density at radius 1 is 1.57 bits per heavy atom. The number of nitrogens with zero attached hydrogens (tertiary/aromatic N) is 1. The number of allylic oxidation sites excluding steroid dienone is 1. The average molecular weight is 219 g/mol. The predicted octanol–water partition coefficient (Wildman–Crippen LogP) is 1.25. The maximum Gasteiger partial charge on any atom is 0.237 e. The largest absolute Gasteiger partial charge is 0.492 e. The summed E-state index contributed by atoms with van der Waals surface area (Å²) in [6, 6.07) is 0. The monoisotopic (exact) mass is 219 g/mol. The van der Waals surface area contributed by atoms with Crippen LogP contribution < -0.4 is 0 Å². The molecule has 1 atom stereocenters. The number of hydrogen-bond donors (Lipinski definition) is 0. The van der Waals surface area contributed by atoms with Gasteiger partial charge in [-0.05, 0) is 6.08 Å². The van der Waals surface area contributed by atoms with Crippen molar-refractivity contribution in [1.29, 1.82) is 0 Å². The van der Waals surface area contributed by atoms with Crippen LogP contribution in [0.2, 0.25) is 0 Å². The van der Waals surface area contributed by atoms with Crippen molar-refractivity contribution in [3.8, 4) is 0 Å². The minimum atomic E-state index is -1.38. The van der Waals surface area contributed by atoms with Gasteiger partial charge in [0, 0.05) is 13.6 Å². The first-order valence-electron chi connectivity index (χ1n) is 4.32. The fourth-order valence-electron chi connectivity index (χ4n) is 0.532. The van der Waals surface area contributed by atoms with Gasteiger partial charge in [-0.25, -0.2) is 8.51 Å². The van der Waals surface area contributed by atoms with Crippen molar-refractivity contribution in [3.63, 3.8) is 0 Å². The first-order chi connectivity index (χ1) is 6.61. The summed E-state index contributed by atoms with van der Waals surface area (Å²) in [7, 11) is 1.72. The molecule has 4 nitrogen and oxygen atoms in total. The zero-order valence-electron chi connectivity index (χ0n) is 8.69. The SMILES string of the molecule is C=CC(=C)OCCOS(=O)N(C)CC. The second-order valence-electron chi connectivity index (χ2n) is 2.50. The summed E-state index contributed by atoms with van der Waals surface area (Å²) in [6.07, 6.45) is 1.51. The van der Waals surface area contributed by atoms with E-state index >= 15 is 0 Å². The van der Waals surface area contributed by atoms with Crippen LogP contribution in [-0.2, 0) is 20.2 Å². The van der Waals surface area contributed by atoms with E-state index in [-0.39, 0.29) is 6.61 Å². The third-order valence-corrected chi connectivity index (χ3v) is 2.62. The molecule has 0 bridgehead atoms. The Morgan fingerprint density at radius 2 is 2.21 bits per heavy atom. The summed E-state index contributed by atoms with van der Waals surface area (Å²) in [5, 5.41) is 0. The van der Waals surface area contributed by atoms with Gasteiger partial charge < -0.3 is 4.74 Å². The van der Waals surface area contributed by atoms with E-state index < -0.39 is 11.3 Å². The lowest BCUT2D eigenvalue weighted by Crippen LogP contribution is -2.23. The van der Waals surface area contributed by atoms with Crippen molar-refractivity contribution < 1.29 is 13.1 Å². The highest BCUT2D eigenvalue weighted by atomic mass is 32.2. The zero-order chi connectivity index (χ0) is 11.0. The highest BCUT2D eigenvalue weighted by Gasteiger charge is 2.05. The summed E-state index contributed by atoms with van der Waals surface area (Å²) < 4.78 is 22.8. The van der Waals surface area contributed by atoms with Crippen LogP contribution in [0.25, 0.3) is 0 Å². The van der Waals surface area contributed by atoms with Gasteiger partial charge in [-0.15, -0.1) is 0 Å². The second kappa shape index (κ2) is 7.73. The summed E-state index contributed by atoms with van der Waals surface area (Å²) in [4.78, 5) is 0. The average Bonchev–Trinajstić information content (AvgIpc) is 2.22. The smallest absolute Gasteiger partial charge is 0.237 e. The number of ether oxygens (including phenoxy) is 1. The Bertz CT molecular complexity index is 218. The summed E-state index contributed by atoms with van der Waals surface area (Å²) in [5.41, 5.74) is 0. The van der Waals surface area contributed by atoms with E-state index in [1.54, 1.807) is 11.4 Å². The third-order valence-electron chi connectivity index (χ3n) is 1.48. The zero-order valence-corrected chi connectivity index (χ0v) is 9.51. The van der Waals surface area contributed by atoms with Gasteiger partial charge in [0.1, 0.15) is 12.4 Å². The van der Waals surface area contributed by atoms with E-state index in [2.05, 4.69) is 13.2 Å². The molecular weight excluding hydrogens is 202 g/mol. The fraction of sp³-hybridized carbons (Fsp3) is 0.556. The van der Waals surface area contributed by atoms with Gasteiger partial charge >= 0.3 is 0 Å². The first kappa shape index (κ1) is 13.4. The molecule has 0 N–H and O–H groups in total. The Hall–Kier alpha value is -0.650. The standard InChI is InChI=1S/C9H17NO3S/c1-5-9(3)12-7-8-13-14(11)10(4)6-2/h5H,1,3,6-8H2,2,4H3. The van der Waals surface area contributed by atoms with Gasteiger partial charge in [-0.1, -0.05) is 20.1 Å². The van der Waals surface area contributed by atoms with E-state index in [4.69, 9.17) is 8.92 Å². The minimum absolute atomic E-state index is 0.268. The van der Waals surface area contributed by atoms with Crippen molar-refractivity contribution in [2.75, 3.05) is 26.8 Å². The van der Waals surface area contributed by atoms with Crippen LogP contribution in [0.15, 0.2) is 25.0 Å². The van der Waals surface area contributed by atoms with Crippen LogP contribution in [0.3, 0.4) is 0 Å². The Labute approximate surface area is 88.0 Å². The molecule has 0 radical (unpaired) electrons. The van der Waals surface area contributed by atoms with Gasteiger partial charge in [0.2, 0.25) is 11.3 Å². The van der Waals surface area contributed by atoms with Gasteiger partial charge in [0.05, 0.1) is 6.61 Å². The van der Waals surface area contributed by atoms with E-state index in [1.165, 1.54) is 6.08 Å². The molecular formula is C9H17NO3S. The lowest BCUT2D eigenvalue weighted by molar-refractivity contribution is 0.168. The van der Waals surface area contributed by atoms with E-state index in [9.17, 15) is 4.21 Å². The van der Waals surface area contributed by atoms with Crippen molar-refractivity contribution in [2.24, 2.45) is 0 Å². The third kappa shape index (κ3) is 5.90. The summed E-state index contributed by atoms with van der Waals surface area (Å²) >= 11 is -1.38. The summed E-state index contributed by atoms with van der Waals surface area (Å²) in [6.45, 7) is 10.2. The number of rotatable bonds is 8. The van der Waals surface area contributed by atoms with Gasteiger partial charge in [0.15, 0.2) is 0 Å². The molecule has 0 saturated carbocycles. The van der Waals surface area contributed by atoms with E-state index in [1.807, 2.05) is 6.92 Å². The highest BCUT2D eigenvalue weighted by molar-refractivity contribution is 7.77. The van der Waals surface area contributed by atoms with Crippen LogP contribution in [0.1, 0.15) is 6.92 Å². The van der Waals surface area contributed by atoms with Crippen molar-refractivity contribution in [1.82, 2.24) is 4.31 Å². The quantitative estimate of drug-likeness (QED) is 0.350. The van der Waals surface area contributed by atoms with Crippen molar-refractivity contribution >= 4 is 11.3 Å².